The van der Waals surface area contributed by atoms with Crippen LogP contribution in [0, 0.1) is 5.92 Å². The van der Waals surface area contributed by atoms with Crippen LogP contribution in [0.4, 0.5) is 11.5 Å². The molecule has 8 nitrogen and oxygen atoms in total. The van der Waals surface area contributed by atoms with Crippen molar-refractivity contribution in [1.29, 1.82) is 0 Å². The zero-order chi connectivity index (χ0) is 22.5. The lowest BCUT2D eigenvalue weighted by Gasteiger charge is -2.32. The molecule has 0 radical (unpaired) electrons. The maximum absolute atomic E-state index is 12.4. The first-order chi connectivity index (χ1) is 15.5. The molecule has 1 saturated heterocycles. The van der Waals surface area contributed by atoms with Gasteiger partial charge in [0.05, 0.1) is 23.8 Å². The zero-order valence-electron chi connectivity index (χ0n) is 17.8. The molecule has 0 spiro atoms. The van der Waals surface area contributed by atoms with Crippen molar-refractivity contribution in [3.63, 3.8) is 0 Å². The van der Waals surface area contributed by atoms with Crippen LogP contribution in [0.25, 0.3) is 0 Å². The fraction of sp³-hybridized carbons (Fsp3) is 0.455. The Balaban J connectivity index is 1.26. The lowest BCUT2D eigenvalue weighted by molar-refractivity contribution is -0.125. The highest BCUT2D eigenvalue weighted by molar-refractivity contribution is 7.99. The average molecular weight is 476 g/mol. The lowest BCUT2D eigenvalue weighted by Crippen LogP contribution is -2.44. The number of halogens is 1. The second kappa shape index (κ2) is 10.4. The minimum atomic E-state index is -0.164. The van der Waals surface area contributed by atoms with Gasteiger partial charge in [0.2, 0.25) is 11.8 Å². The fourth-order valence-corrected chi connectivity index (χ4v) is 4.46. The monoisotopic (exact) mass is 475 g/mol. The van der Waals surface area contributed by atoms with Crippen molar-refractivity contribution in [2.75, 3.05) is 36.2 Å². The number of carbonyl (C=O) groups is 2. The number of piperidine rings is 1. The van der Waals surface area contributed by atoms with Crippen LogP contribution in [0.5, 0.6) is 5.75 Å². The Morgan fingerprint density at radius 3 is 2.75 bits per heavy atom. The van der Waals surface area contributed by atoms with E-state index in [9.17, 15) is 9.59 Å². The smallest absolute Gasteiger partial charge is 0.234 e. The van der Waals surface area contributed by atoms with E-state index in [0.29, 0.717) is 34.1 Å². The van der Waals surface area contributed by atoms with E-state index < -0.39 is 0 Å². The third-order valence-corrected chi connectivity index (χ3v) is 6.67. The van der Waals surface area contributed by atoms with Gasteiger partial charge in [-0.25, -0.2) is 0 Å². The molecular formula is C22H26ClN5O3S. The van der Waals surface area contributed by atoms with E-state index >= 15 is 0 Å². The highest BCUT2D eigenvalue weighted by Gasteiger charge is 2.30. The highest BCUT2D eigenvalue weighted by Crippen LogP contribution is 2.28. The van der Waals surface area contributed by atoms with Gasteiger partial charge in [-0.05, 0) is 56.0 Å². The number of carbonyl (C=O) groups excluding carboxylic acids is 2. The van der Waals surface area contributed by atoms with E-state index in [-0.39, 0.29) is 23.5 Å². The first-order valence-corrected chi connectivity index (χ1v) is 12.0. The molecule has 1 aromatic heterocycles. The molecule has 1 saturated carbocycles. The van der Waals surface area contributed by atoms with Crippen LogP contribution in [-0.4, -0.2) is 54.0 Å². The number of hydrogen-bond acceptors (Lipinski definition) is 7. The second-order valence-electron chi connectivity index (χ2n) is 7.98. The Morgan fingerprint density at radius 2 is 2.06 bits per heavy atom. The molecule has 4 rings (SSSR count). The molecule has 0 bridgehead atoms. The van der Waals surface area contributed by atoms with Crippen molar-refractivity contribution in [3.05, 3.63) is 35.4 Å². The van der Waals surface area contributed by atoms with Gasteiger partial charge in [0.25, 0.3) is 0 Å². The SMILES string of the molecule is COc1ccc(NC(=O)CSc2ccc(N3CCCC(C(=O)NC4CC4)C3)nn2)cc1Cl. The van der Waals surface area contributed by atoms with Crippen LogP contribution in [-0.2, 0) is 9.59 Å². The van der Waals surface area contributed by atoms with E-state index in [1.165, 1.54) is 18.9 Å². The third kappa shape index (κ3) is 6.04. The number of nitrogens with zero attached hydrogens (tertiary/aromatic N) is 3. The summed E-state index contributed by atoms with van der Waals surface area (Å²) < 4.78 is 5.11. The Kier molecular flexibility index (Phi) is 7.36. The number of benzene rings is 1. The van der Waals surface area contributed by atoms with E-state index in [1.807, 2.05) is 12.1 Å². The molecule has 1 unspecified atom stereocenters. The number of amides is 2. The van der Waals surface area contributed by atoms with Gasteiger partial charge in [0.1, 0.15) is 10.8 Å². The summed E-state index contributed by atoms with van der Waals surface area (Å²) in [5.74, 6) is 1.50. The molecule has 2 fully saturated rings. The molecule has 2 heterocycles. The lowest BCUT2D eigenvalue weighted by atomic mass is 9.97. The summed E-state index contributed by atoms with van der Waals surface area (Å²) in [5.41, 5.74) is 0.605. The first kappa shape index (κ1) is 22.7. The van der Waals surface area contributed by atoms with Gasteiger partial charge in [-0.3, -0.25) is 9.59 Å². The van der Waals surface area contributed by atoms with Crippen molar-refractivity contribution in [2.45, 2.75) is 36.8 Å². The van der Waals surface area contributed by atoms with Crippen molar-refractivity contribution in [2.24, 2.45) is 5.92 Å². The number of methoxy groups -OCH3 is 1. The molecule has 1 atom stereocenters. The molecular weight excluding hydrogens is 450 g/mol. The number of nitrogens with one attached hydrogen (secondary N) is 2. The molecule has 1 aliphatic carbocycles. The van der Waals surface area contributed by atoms with Gasteiger partial charge < -0.3 is 20.3 Å². The second-order valence-corrected chi connectivity index (χ2v) is 9.39. The zero-order valence-corrected chi connectivity index (χ0v) is 19.4. The van der Waals surface area contributed by atoms with E-state index in [2.05, 4.69) is 25.7 Å². The Hall–Kier alpha value is -2.52. The average Bonchev–Trinajstić information content (AvgIpc) is 3.62. The van der Waals surface area contributed by atoms with Crippen LogP contribution in [0.15, 0.2) is 35.4 Å². The molecule has 1 aliphatic heterocycles. The Labute approximate surface area is 196 Å². The van der Waals surface area contributed by atoms with Crippen molar-refractivity contribution >= 4 is 46.7 Å². The summed E-state index contributed by atoms with van der Waals surface area (Å²) in [6, 6.07) is 9.23. The van der Waals surface area contributed by atoms with Gasteiger partial charge in [-0.1, -0.05) is 23.4 Å². The number of rotatable bonds is 8. The van der Waals surface area contributed by atoms with E-state index in [4.69, 9.17) is 16.3 Å². The van der Waals surface area contributed by atoms with Crippen LogP contribution < -0.4 is 20.3 Å². The van der Waals surface area contributed by atoms with Crippen LogP contribution >= 0.6 is 23.4 Å². The summed E-state index contributed by atoms with van der Waals surface area (Å²) >= 11 is 7.40. The van der Waals surface area contributed by atoms with Gasteiger partial charge in [-0.15, -0.1) is 10.2 Å². The standard InChI is InChI=1S/C22H26ClN5O3S/c1-31-18-7-6-16(11-17(18)23)24-20(29)13-32-21-9-8-19(26-27-21)28-10-2-3-14(12-28)22(30)25-15-4-5-15/h6-9,11,14-15H,2-5,10,12-13H2,1H3,(H,24,29)(H,25,30). The molecule has 2 amide bonds. The summed E-state index contributed by atoms with van der Waals surface area (Å²) in [6.07, 6.45) is 4.05. The van der Waals surface area contributed by atoms with Crippen molar-refractivity contribution < 1.29 is 14.3 Å². The van der Waals surface area contributed by atoms with Crippen LogP contribution in [0.1, 0.15) is 25.7 Å². The van der Waals surface area contributed by atoms with Crippen LogP contribution in [0.3, 0.4) is 0 Å². The summed E-state index contributed by atoms with van der Waals surface area (Å²) in [7, 11) is 1.54. The first-order valence-electron chi connectivity index (χ1n) is 10.7. The molecule has 10 heteroatoms. The number of anilines is 2. The maximum atomic E-state index is 12.4. The normalized spacial score (nSPS) is 18.2. The predicted molar refractivity (Wildman–Crippen MR) is 125 cm³/mol. The summed E-state index contributed by atoms with van der Waals surface area (Å²) in [5, 5.41) is 15.6. The molecule has 1 aromatic carbocycles. The van der Waals surface area contributed by atoms with Gasteiger partial charge in [-0.2, -0.15) is 0 Å². The minimum Gasteiger partial charge on any atom is -0.495 e. The largest absolute Gasteiger partial charge is 0.495 e. The topological polar surface area (TPSA) is 96.5 Å². The van der Waals surface area contributed by atoms with Gasteiger partial charge >= 0.3 is 0 Å². The fourth-order valence-electron chi connectivity index (χ4n) is 3.59. The molecule has 32 heavy (non-hydrogen) atoms. The summed E-state index contributed by atoms with van der Waals surface area (Å²) in [4.78, 5) is 26.7. The molecule has 2 aromatic rings. The highest BCUT2D eigenvalue weighted by atomic mass is 35.5. The maximum Gasteiger partial charge on any atom is 0.234 e. The van der Waals surface area contributed by atoms with Crippen LogP contribution in [0.2, 0.25) is 5.02 Å². The van der Waals surface area contributed by atoms with Gasteiger partial charge in [0.15, 0.2) is 5.82 Å². The van der Waals surface area contributed by atoms with Crippen molar-refractivity contribution in [3.8, 4) is 5.75 Å². The third-order valence-electron chi connectivity index (χ3n) is 5.45. The van der Waals surface area contributed by atoms with E-state index in [1.54, 1.807) is 18.2 Å². The molecule has 2 N–H and O–H groups in total. The Bertz CT molecular complexity index is 971. The summed E-state index contributed by atoms with van der Waals surface area (Å²) in [6.45, 7) is 1.52. The number of hydrogen-bond donors (Lipinski definition) is 2. The molecule has 170 valence electrons. The quantitative estimate of drug-likeness (QED) is 0.565. The molecule has 2 aliphatic rings. The number of thioether (sulfide) groups is 1. The number of aromatic nitrogens is 2. The van der Waals surface area contributed by atoms with Gasteiger partial charge in [0, 0.05) is 24.8 Å². The minimum absolute atomic E-state index is 0.00430. The predicted octanol–water partition coefficient (Wildman–Crippen LogP) is 3.36. The Morgan fingerprint density at radius 1 is 1.22 bits per heavy atom. The van der Waals surface area contributed by atoms with Crippen molar-refractivity contribution in [1.82, 2.24) is 15.5 Å². The number of ether oxygens (including phenoxy) is 1. The van der Waals surface area contributed by atoms with E-state index in [0.717, 1.165) is 38.0 Å².